The lowest BCUT2D eigenvalue weighted by Gasteiger charge is -2.12. The molecule has 0 saturated carbocycles. The van der Waals surface area contributed by atoms with Gasteiger partial charge in [-0.15, -0.1) is 24.0 Å². The Bertz CT molecular complexity index is 430. The van der Waals surface area contributed by atoms with Crippen molar-refractivity contribution in [3.8, 4) is 5.75 Å². The first-order valence-electron chi connectivity index (χ1n) is 7.44. The van der Waals surface area contributed by atoms with E-state index < -0.39 is 0 Å². The molecule has 0 unspecified atom stereocenters. The van der Waals surface area contributed by atoms with Crippen molar-refractivity contribution in [2.24, 2.45) is 4.99 Å². The summed E-state index contributed by atoms with van der Waals surface area (Å²) in [6.07, 6.45) is 4.55. The van der Waals surface area contributed by atoms with Crippen molar-refractivity contribution in [1.29, 1.82) is 0 Å². The van der Waals surface area contributed by atoms with E-state index in [1.165, 1.54) is 18.6 Å². The summed E-state index contributed by atoms with van der Waals surface area (Å²) in [5.41, 5.74) is 1.10. The zero-order chi connectivity index (χ0) is 15.3. The van der Waals surface area contributed by atoms with Gasteiger partial charge < -0.3 is 15.4 Å². The van der Waals surface area contributed by atoms with Crippen molar-refractivity contribution < 1.29 is 4.74 Å². The number of ether oxygens (including phenoxy) is 1. The fourth-order valence-corrected chi connectivity index (χ4v) is 2.41. The number of para-hydroxylation sites is 1. The van der Waals surface area contributed by atoms with E-state index in [9.17, 15) is 0 Å². The van der Waals surface area contributed by atoms with Crippen LogP contribution in [-0.4, -0.2) is 38.2 Å². The van der Waals surface area contributed by atoms with Crippen LogP contribution in [0.15, 0.2) is 29.3 Å². The second-order valence-corrected chi connectivity index (χ2v) is 5.62. The molecule has 0 spiro atoms. The van der Waals surface area contributed by atoms with Gasteiger partial charge in [-0.25, -0.2) is 4.99 Å². The predicted octanol–water partition coefficient (Wildman–Crippen LogP) is 3.51. The van der Waals surface area contributed by atoms with Gasteiger partial charge in [0, 0.05) is 18.7 Å². The molecule has 1 aromatic carbocycles. The molecule has 6 heteroatoms. The summed E-state index contributed by atoms with van der Waals surface area (Å²) < 4.78 is 5.35. The Kier molecular flexibility index (Phi) is 13.6. The normalized spacial score (nSPS) is 10.8. The molecular formula is C16H28IN3OS. The molecule has 0 radical (unpaired) electrons. The Morgan fingerprint density at radius 3 is 2.68 bits per heavy atom. The maximum Gasteiger partial charge on any atom is 0.191 e. The summed E-state index contributed by atoms with van der Waals surface area (Å²) in [7, 11) is 1.69. The van der Waals surface area contributed by atoms with Gasteiger partial charge in [-0.3, -0.25) is 0 Å². The van der Waals surface area contributed by atoms with Crippen molar-refractivity contribution in [2.45, 2.75) is 26.3 Å². The van der Waals surface area contributed by atoms with Crippen molar-refractivity contribution in [2.75, 3.05) is 32.2 Å². The Morgan fingerprint density at radius 1 is 1.23 bits per heavy atom. The molecule has 126 valence electrons. The molecule has 1 rings (SSSR count). The minimum absolute atomic E-state index is 0. The zero-order valence-electron chi connectivity index (χ0n) is 13.7. The summed E-state index contributed by atoms with van der Waals surface area (Å²) in [6.45, 7) is 4.51. The van der Waals surface area contributed by atoms with Crippen LogP contribution in [0.5, 0.6) is 5.75 Å². The lowest BCUT2D eigenvalue weighted by atomic mass is 10.2. The van der Waals surface area contributed by atoms with E-state index in [-0.39, 0.29) is 24.0 Å². The van der Waals surface area contributed by atoms with E-state index in [0.717, 1.165) is 30.4 Å². The molecule has 4 nitrogen and oxygen atoms in total. The van der Waals surface area contributed by atoms with Gasteiger partial charge in [0.1, 0.15) is 5.75 Å². The number of unbranched alkanes of at least 4 members (excludes halogenated alkanes) is 1. The SMILES string of the molecule is CCNC(=NCc1ccccc1OC)NCCCCSC.I. The van der Waals surface area contributed by atoms with Crippen LogP contribution >= 0.6 is 35.7 Å². The van der Waals surface area contributed by atoms with Crippen molar-refractivity contribution in [3.63, 3.8) is 0 Å². The lowest BCUT2D eigenvalue weighted by Crippen LogP contribution is -2.37. The molecule has 0 fully saturated rings. The van der Waals surface area contributed by atoms with Gasteiger partial charge in [0.05, 0.1) is 13.7 Å². The molecule has 0 aliphatic rings. The minimum atomic E-state index is 0. The molecule has 2 N–H and O–H groups in total. The highest BCUT2D eigenvalue weighted by atomic mass is 127. The fourth-order valence-electron chi connectivity index (χ4n) is 1.92. The number of hydrogen-bond donors (Lipinski definition) is 2. The Morgan fingerprint density at radius 2 is 2.00 bits per heavy atom. The third-order valence-electron chi connectivity index (χ3n) is 3.01. The maximum atomic E-state index is 5.35. The summed E-state index contributed by atoms with van der Waals surface area (Å²) in [5, 5.41) is 6.65. The van der Waals surface area contributed by atoms with E-state index in [2.05, 4.69) is 28.8 Å². The molecule has 0 heterocycles. The molecule has 0 aromatic heterocycles. The lowest BCUT2D eigenvalue weighted by molar-refractivity contribution is 0.410. The third kappa shape index (κ3) is 8.73. The fraction of sp³-hybridized carbons (Fsp3) is 0.562. The summed E-state index contributed by atoms with van der Waals surface area (Å²) in [5.74, 6) is 2.97. The zero-order valence-corrected chi connectivity index (χ0v) is 16.9. The third-order valence-corrected chi connectivity index (χ3v) is 3.71. The monoisotopic (exact) mass is 437 g/mol. The van der Waals surface area contributed by atoms with Gasteiger partial charge >= 0.3 is 0 Å². The molecule has 0 aliphatic carbocycles. The Balaban J connectivity index is 0.00000441. The minimum Gasteiger partial charge on any atom is -0.496 e. The molecule has 0 bridgehead atoms. The van der Waals surface area contributed by atoms with Crippen molar-refractivity contribution in [1.82, 2.24) is 10.6 Å². The highest BCUT2D eigenvalue weighted by Crippen LogP contribution is 2.17. The van der Waals surface area contributed by atoms with Crippen LogP contribution in [0.3, 0.4) is 0 Å². The first kappa shape index (κ1) is 21.4. The smallest absolute Gasteiger partial charge is 0.191 e. The van der Waals surface area contributed by atoms with E-state index in [0.29, 0.717) is 6.54 Å². The average Bonchev–Trinajstić information content (AvgIpc) is 2.52. The number of halogens is 1. The van der Waals surface area contributed by atoms with Crippen LogP contribution in [-0.2, 0) is 6.54 Å². The van der Waals surface area contributed by atoms with Gasteiger partial charge in [0.2, 0.25) is 0 Å². The van der Waals surface area contributed by atoms with Crippen molar-refractivity contribution >= 4 is 41.7 Å². The molecule has 0 aliphatic heterocycles. The number of nitrogens with one attached hydrogen (secondary N) is 2. The first-order chi connectivity index (χ1) is 10.3. The van der Waals surface area contributed by atoms with Crippen LogP contribution in [0, 0.1) is 0 Å². The predicted molar refractivity (Wildman–Crippen MR) is 109 cm³/mol. The van der Waals surface area contributed by atoms with Crippen LogP contribution < -0.4 is 15.4 Å². The van der Waals surface area contributed by atoms with Gasteiger partial charge in [0.25, 0.3) is 0 Å². The number of methoxy groups -OCH3 is 1. The highest BCUT2D eigenvalue weighted by Gasteiger charge is 2.02. The van der Waals surface area contributed by atoms with E-state index in [1.54, 1.807) is 7.11 Å². The summed E-state index contributed by atoms with van der Waals surface area (Å²) in [6, 6.07) is 8.00. The second kappa shape index (κ2) is 14.0. The number of aliphatic imine (C=N–C) groups is 1. The molecular weight excluding hydrogens is 409 g/mol. The summed E-state index contributed by atoms with van der Waals surface area (Å²) in [4.78, 5) is 4.62. The number of hydrogen-bond acceptors (Lipinski definition) is 3. The second-order valence-electron chi connectivity index (χ2n) is 4.63. The van der Waals surface area contributed by atoms with E-state index in [1.807, 2.05) is 36.0 Å². The highest BCUT2D eigenvalue weighted by molar-refractivity contribution is 14.0. The van der Waals surface area contributed by atoms with Gasteiger partial charge in [-0.2, -0.15) is 11.8 Å². The van der Waals surface area contributed by atoms with Gasteiger partial charge in [-0.05, 0) is 37.8 Å². The average molecular weight is 437 g/mol. The quantitative estimate of drug-likeness (QED) is 0.269. The Hall–Kier alpha value is -0.630. The molecule has 0 saturated heterocycles. The van der Waals surface area contributed by atoms with Crippen LogP contribution in [0.1, 0.15) is 25.3 Å². The van der Waals surface area contributed by atoms with Crippen LogP contribution in [0.2, 0.25) is 0 Å². The number of rotatable bonds is 9. The first-order valence-corrected chi connectivity index (χ1v) is 8.84. The number of thioether (sulfide) groups is 1. The van der Waals surface area contributed by atoms with Crippen LogP contribution in [0.25, 0.3) is 0 Å². The number of guanidine groups is 1. The largest absolute Gasteiger partial charge is 0.496 e. The molecule has 22 heavy (non-hydrogen) atoms. The van der Waals surface area contributed by atoms with Gasteiger partial charge in [0.15, 0.2) is 5.96 Å². The number of benzene rings is 1. The standard InChI is InChI=1S/C16H27N3OS.HI/c1-4-17-16(18-11-7-8-12-21-3)19-13-14-9-5-6-10-15(14)20-2;/h5-6,9-10H,4,7-8,11-13H2,1-3H3,(H2,17,18,19);1H. The van der Waals surface area contributed by atoms with Crippen molar-refractivity contribution in [3.05, 3.63) is 29.8 Å². The topological polar surface area (TPSA) is 45.7 Å². The molecule has 0 amide bonds. The number of nitrogens with zero attached hydrogens (tertiary/aromatic N) is 1. The molecule has 0 atom stereocenters. The Labute approximate surface area is 155 Å². The van der Waals surface area contributed by atoms with Crippen LogP contribution in [0.4, 0.5) is 0 Å². The maximum absolute atomic E-state index is 5.35. The van der Waals surface area contributed by atoms with E-state index >= 15 is 0 Å². The molecule has 1 aromatic rings. The summed E-state index contributed by atoms with van der Waals surface area (Å²) >= 11 is 1.89. The van der Waals surface area contributed by atoms with E-state index in [4.69, 9.17) is 4.74 Å². The van der Waals surface area contributed by atoms with Gasteiger partial charge in [-0.1, -0.05) is 18.2 Å².